The average molecular weight is 424 g/mol. The third kappa shape index (κ3) is 5.72. The van der Waals surface area contributed by atoms with Gasteiger partial charge in [-0.15, -0.1) is 0 Å². The minimum Gasteiger partial charge on any atom is -0.362 e. The van der Waals surface area contributed by atoms with E-state index in [0.29, 0.717) is 5.69 Å². The fraction of sp³-hybridized carbons (Fsp3) is 0.143. The van der Waals surface area contributed by atoms with Crippen molar-refractivity contribution >= 4 is 56.4 Å². The van der Waals surface area contributed by atoms with Crippen molar-refractivity contribution in [1.29, 1.82) is 0 Å². The van der Waals surface area contributed by atoms with Crippen LogP contribution in [0.3, 0.4) is 0 Å². The van der Waals surface area contributed by atoms with E-state index in [1.165, 1.54) is 36.5 Å². The number of hydrogen-bond acceptors (Lipinski definition) is 5. The number of benzene rings is 1. The van der Waals surface area contributed by atoms with Gasteiger partial charge in [0.1, 0.15) is 11.9 Å². The van der Waals surface area contributed by atoms with Crippen LogP contribution in [-0.2, 0) is 10.0 Å². The second kappa shape index (κ2) is 7.76. The Labute approximate surface area is 159 Å². The summed E-state index contributed by atoms with van der Waals surface area (Å²) in [5.41, 5.74) is 0.554. The van der Waals surface area contributed by atoms with E-state index in [1.54, 1.807) is 12.1 Å². The van der Waals surface area contributed by atoms with E-state index in [0.717, 1.165) is 0 Å². The highest BCUT2D eigenvalue weighted by atomic mass is 35.6. The summed E-state index contributed by atoms with van der Waals surface area (Å²) in [7, 11) is -3.82. The fourth-order valence-corrected chi connectivity index (χ4v) is 2.65. The molecule has 1 heterocycles. The van der Waals surface area contributed by atoms with E-state index < -0.39 is 25.9 Å². The molecule has 0 fully saturated rings. The monoisotopic (exact) mass is 422 g/mol. The number of nitrogens with one attached hydrogen (secondary N) is 2. The summed E-state index contributed by atoms with van der Waals surface area (Å²) >= 11 is 17.7. The van der Waals surface area contributed by atoms with E-state index in [4.69, 9.17) is 39.9 Å². The Morgan fingerprint density at radius 1 is 1.12 bits per heavy atom. The van der Waals surface area contributed by atoms with Gasteiger partial charge in [0, 0.05) is 11.9 Å². The molecular weight excluding hydrogens is 411 g/mol. The summed E-state index contributed by atoms with van der Waals surface area (Å²) in [6.45, 7) is 0. The molecule has 0 radical (unpaired) electrons. The van der Waals surface area contributed by atoms with Crippen molar-refractivity contribution in [3.63, 3.8) is 0 Å². The van der Waals surface area contributed by atoms with Gasteiger partial charge in [0.15, 0.2) is 0 Å². The number of sulfonamides is 1. The van der Waals surface area contributed by atoms with Crippen LogP contribution in [0.2, 0.25) is 0 Å². The molecule has 0 aliphatic rings. The third-order valence-electron chi connectivity index (χ3n) is 2.99. The van der Waals surface area contributed by atoms with Crippen molar-refractivity contribution < 1.29 is 13.2 Å². The Hall–Kier alpha value is -1.58. The van der Waals surface area contributed by atoms with Gasteiger partial charge in [0.2, 0.25) is 13.8 Å². The van der Waals surface area contributed by atoms with Crippen molar-refractivity contribution in [2.75, 3.05) is 5.32 Å². The van der Waals surface area contributed by atoms with Crippen LogP contribution in [0, 0.1) is 0 Å². The first kappa shape index (κ1) is 19.7. The van der Waals surface area contributed by atoms with E-state index in [2.05, 4.69) is 15.6 Å². The van der Waals surface area contributed by atoms with Crippen LogP contribution in [0.4, 0.5) is 5.69 Å². The van der Waals surface area contributed by atoms with Gasteiger partial charge in [-0.25, -0.2) is 13.6 Å². The number of alkyl halides is 3. The van der Waals surface area contributed by atoms with Gasteiger partial charge in [0.05, 0.1) is 4.90 Å². The van der Waals surface area contributed by atoms with Crippen molar-refractivity contribution in [2.24, 2.45) is 5.14 Å². The largest absolute Gasteiger partial charge is 0.362 e. The number of carbonyl (C=O) groups is 1. The first-order chi connectivity index (χ1) is 11.6. The lowest BCUT2D eigenvalue weighted by atomic mass is 10.3. The molecule has 7 nitrogen and oxygen atoms in total. The molecule has 1 atom stereocenters. The molecule has 0 saturated heterocycles. The van der Waals surface area contributed by atoms with Crippen LogP contribution in [0.5, 0.6) is 0 Å². The summed E-state index contributed by atoms with van der Waals surface area (Å²) in [5.74, 6) is -0.550. The van der Waals surface area contributed by atoms with Crippen molar-refractivity contribution in [1.82, 2.24) is 10.3 Å². The Morgan fingerprint density at radius 2 is 1.76 bits per heavy atom. The van der Waals surface area contributed by atoms with Crippen LogP contribution < -0.4 is 15.8 Å². The first-order valence-corrected chi connectivity index (χ1v) is 9.43. The molecule has 0 aliphatic carbocycles. The number of carbonyl (C=O) groups excluding carboxylic acids is 1. The zero-order valence-corrected chi connectivity index (χ0v) is 15.6. The topological polar surface area (TPSA) is 114 Å². The number of amides is 1. The van der Waals surface area contributed by atoms with Crippen molar-refractivity contribution in [3.8, 4) is 0 Å². The average Bonchev–Trinajstić information content (AvgIpc) is 2.54. The number of primary sulfonamides is 1. The van der Waals surface area contributed by atoms with Crippen LogP contribution >= 0.6 is 34.8 Å². The molecule has 134 valence electrons. The number of nitrogens with two attached hydrogens (primary N) is 1. The van der Waals surface area contributed by atoms with E-state index in [1.807, 2.05) is 0 Å². The van der Waals surface area contributed by atoms with Crippen LogP contribution in [0.1, 0.15) is 10.5 Å². The molecule has 1 amide bonds. The predicted molar refractivity (Wildman–Crippen MR) is 97.2 cm³/mol. The summed E-state index contributed by atoms with van der Waals surface area (Å²) < 4.78 is 20.6. The lowest BCUT2D eigenvalue weighted by Crippen LogP contribution is -2.49. The molecule has 0 aliphatic heterocycles. The van der Waals surface area contributed by atoms with Gasteiger partial charge in [0.25, 0.3) is 5.91 Å². The second-order valence-electron chi connectivity index (χ2n) is 4.88. The zero-order chi connectivity index (χ0) is 18.7. The first-order valence-electron chi connectivity index (χ1n) is 6.75. The highest BCUT2D eigenvalue weighted by Crippen LogP contribution is 2.31. The fourth-order valence-electron chi connectivity index (χ4n) is 1.81. The lowest BCUT2D eigenvalue weighted by Gasteiger charge is -2.27. The standard InChI is InChI=1S/C14H13Cl3N4O3S/c15-14(16,17)13(21-12(22)11-3-1-2-8-19-11)20-9-4-6-10(7-5-9)25(18,23)24/h1-8,13,20H,(H,21,22)(H2,18,23,24). The molecule has 0 saturated carbocycles. The van der Waals surface area contributed by atoms with Crippen molar-refractivity contribution in [2.45, 2.75) is 14.9 Å². The number of aromatic nitrogens is 1. The van der Waals surface area contributed by atoms with Crippen LogP contribution in [0.15, 0.2) is 53.6 Å². The van der Waals surface area contributed by atoms with Crippen LogP contribution in [-0.4, -0.2) is 29.3 Å². The molecule has 0 bridgehead atoms. The Morgan fingerprint density at radius 3 is 2.24 bits per heavy atom. The van der Waals surface area contributed by atoms with E-state index >= 15 is 0 Å². The van der Waals surface area contributed by atoms with Gasteiger partial charge in [-0.1, -0.05) is 40.9 Å². The van der Waals surface area contributed by atoms with Gasteiger partial charge in [-0.2, -0.15) is 0 Å². The Bertz CT molecular complexity index is 840. The highest BCUT2D eigenvalue weighted by Gasteiger charge is 2.34. The molecule has 4 N–H and O–H groups in total. The van der Waals surface area contributed by atoms with Gasteiger partial charge >= 0.3 is 0 Å². The number of nitrogens with zero attached hydrogens (tertiary/aromatic N) is 1. The minimum atomic E-state index is -3.82. The summed E-state index contributed by atoms with van der Waals surface area (Å²) in [5, 5.41) is 10.4. The smallest absolute Gasteiger partial charge is 0.271 e. The molecule has 2 rings (SSSR count). The van der Waals surface area contributed by atoms with Gasteiger partial charge < -0.3 is 10.6 Å². The van der Waals surface area contributed by atoms with E-state index in [-0.39, 0.29) is 10.6 Å². The molecule has 11 heteroatoms. The molecule has 1 unspecified atom stereocenters. The molecule has 0 spiro atoms. The maximum Gasteiger partial charge on any atom is 0.271 e. The Balaban J connectivity index is 2.17. The lowest BCUT2D eigenvalue weighted by molar-refractivity contribution is 0.0937. The summed E-state index contributed by atoms with van der Waals surface area (Å²) in [4.78, 5) is 16.0. The quantitative estimate of drug-likeness (QED) is 0.504. The van der Waals surface area contributed by atoms with Gasteiger partial charge in [-0.05, 0) is 36.4 Å². The maximum absolute atomic E-state index is 12.2. The van der Waals surface area contributed by atoms with Crippen molar-refractivity contribution in [3.05, 3.63) is 54.4 Å². The number of hydrogen-bond donors (Lipinski definition) is 3. The maximum atomic E-state index is 12.2. The Kier molecular flexibility index (Phi) is 6.12. The molecular formula is C14H13Cl3N4O3S. The van der Waals surface area contributed by atoms with E-state index in [9.17, 15) is 13.2 Å². The third-order valence-corrected chi connectivity index (χ3v) is 4.58. The highest BCUT2D eigenvalue weighted by molar-refractivity contribution is 7.89. The molecule has 2 aromatic rings. The number of halogens is 3. The summed E-state index contributed by atoms with van der Waals surface area (Å²) in [6.07, 6.45) is 0.353. The van der Waals surface area contributed by atoms with Crippen LogP contribution in [0.25, 0.3) is 0 Å². The number of rotatable bonds is 5. The molecule has 25 heavy (non-hydrogen) atoms. The number of pyridine rings is 1. The SMILES string of the molecule is NS(=O)(=O)c1ccc(NC(NC(=O)c2ccccn2)C(Cl)(Cl)Cl)cc1. The normalized spacial score (nSPS) is 13.1. The minimum absolute atomic E-state index is 0.0685. The van der Waals surface area contributed by atoms with Gasteiger partial charge in [-0.3, -0.25) is 9.78 Å². The summed E-state index contributed by atoms with van der Waals surface area (Å²) in [6, 6.07) is 10.2. The zero-order valence-electron chi connectivity index (χ0n) is 12.5. The molecule has 1 aromatic heterocycles. The molecule has 1 aromatic carbocycles. The number of anilines is 1. The predicted octanol–water partition coefficient (Wildman–Crippen LogP) is 2.27. The second-order valence-corrected chi connectivity index (χ2v) is 8.81.